The molecule has 2 aromatic heterocycles. The van der Waals surface area contributed by atoms with E-state index in [2.05, 4.69) is 20.3 Å². The summed E-state index contributed by atoms with van der Waals surface area (Å²) in [7, 11) is 1.52. The predicted molar refractivity (Wildman–Crippen MR) is 101 cm³/mol. The third-order valence-corrected chi connectivity index (χ3v) is 4.71. The molecule has 0 spiro atoms. The van der Waals surface area contributed by atoms with Crippen molar-refractivity contribution in [2.75, 3.05) is 12.8 Å². The Labute approximate surface area is 160 Å². The number of rotatable bonds is 3. The number of aryl methyl sites for hydroxylation is 1. The van der Waals surface area contributed by atoms with Crippen molar-refractivity contribution >= 4 is 11.9 Å². The highest BCUT2D eigenvalue weighted by atomic mass is 19.1. The average Bonchev–Trinajstić information content (AvgIpc) is 2.67. The zero-order chi connectivity index (χ0) is 19.8. The molecule has 1 atom stereocenters. The highest BCUT2D eigenvalue weighted by Crippen LogP contribution is 2.33. The lowest BCUT2D eigenvalue weighted by molar-refractivity contribution is 0.0922. The number of ether oxygens (including phenoxy) is 1. The lowest BCUT2D eigenvalue weighted by atomic mass is 9.90. The van der Waals surface area contributed by atoms with Crippen LogP contribution >= 0.6 is 0 Å². The van der Waals surface area contributed by atoms with E-state index < -0.39 is 11.9 Å². The molecule has 0 fully saturated rings. The van der Waals surface area contributed by atoms with Gasteiger partial charge in [-0.2, -0.15) is 0 Å². The van der Waals surface area contributed by atoms with Gasteiger partial charge in [0, 0.05) is 18.1 Å². The molecule has 3 heterocycles. The second kappa shape index (κ2) is 6.88. The number of aromatic nitrogens is 3. The van der Waals surface area contributed by atoms with Gasteiger partial charge in [0.1, 0.15) is 5.82 Å². The van der Waals surface area contributed by atoms with Gasteiger partial charge in [0.2, 0.25) is 11.8 Å². The number of nitrogens with one attached hydrogen (secondary N) is 1. The summed E-state index contributed by atoms with van der Waals surface area (Å²) < 4.78 is 19.2. The van der Waals surface area contributed by atoms with Crippen LogP contribution in [0.1, 0.15) is 33.4 Å². The summed E-state index contributed by atoms with van der Waals surface area (Å²) in [5.74, 6) is -0.133. The fourth-order valence-corrected chi connectivity index (χ4v) is 3.49. The van der Waals surface area contributed by atoms with E-state index in [1.165, 1.54) is 19.2 Å². The van der Waals surface area contributed by atoms with Crippen LogP contribution < -0.4 is 15.8 Å². The molecule has 0 aliphatic carbocycles. The number of hydrogen-bond donors (Lipinski definition) is 2. The van der Waals surface area contributed by atoms with Crippen molar-refractivity contribution in [3.63, 3.8) is 0 Å². The molecule has 1 aliphatic heterocycles. The van der Waals surface area contributed by atoms with E-state index in [9.17, 15) is 9.18 Å². The SMILES string of the molecule is COc1cccc(-c2cc(F)ccc2[C@@H]2Cc3nc(N)nc(C)c3C(=O)N2)n1. The molecule has 8 heteroatoms. The van der Waals surface area contributed by atoms with Gasteiger partial charge in [-0.3, -0.25) is 4.79 Å². The number of benzene rings is 1. The maximum atomic E-state index is 14.0. The minimum absolute atomic E-state index is 0.124. The minimum atomic E-state index is -0.405. The van der Waals surface area contributed by atoms with Gasteiger partial charge in [0.25, 0.3) is 5.91 Å². The van der Waals surface area contributed by atoms with Gasteiger partial charge in [-0.1, -0.05) is 12.1 Å². The van der Waals surface area contributed by atoms with Gasteiger partial charge >= 0.3 is 0 Å². The number of pyridine rings is 1. The smallest absolute Gasteiger partial charge is 0.255 e. The number of carbonyl (C=O) groups excluding carboxylic acids is 1. The zero-order valence-corrected chi connectivity index (χ0v) is 15.4. The molecule has 0 saturated carbocycles. The second-order valence-electron chi connectivity index (χ2n) is 6.52. The fraction of sp³-hybridized carbons (Fsp3) is 0.200. The van der Waals surface area contributed by atoms with Gasteiger partial charge in [0.05, 0.1) is 35.8 Å². The molecule has 142 valence electrons. The number of anilines is 1. The van der Waals surface area contributed by atoms with Gasteiger partial charge < -0.3 is 15.8 Å². The average molecular weight is 379 g/mol. The van der Waals surface area contributed by atoms with Crippen molar-refractivity contribution in [2.24, 2.45) is 0 Å². The van der Waals surface area contributed by atoms with Crippen molar-refractivity contribution in [3.05, 3.63) is 64.7 Å². The van der Waals surface area contributed by atoms with E-state index in [1.807, 2.05) is 0 Å². The van der Waals surface area contributed by atoms with Crippen LogP contribution in [0.15, 0.2) is 36.4 Å². The molecule has 0 bridgehead atoms. The third kappa shape index (κ3) is 3.13. The molecule has 1 aliphatic rings. The quantitative estimate of drug-likeness (QED) is 0.725. The molecular formula is C20H18FN5O2. The van der Waals surface area contributed by atoms with Crippen LogP contribution in [-0.2, 0) is 6.42 Å². The van der Waals surface area contributed by atoms with Crippen LogP contribution in [0.5, 0.6) is 5.88 Å². The lowest BCUT2D eigenvalue weighted by Crippen LogP contribution is -2.37. The highest BCUT2D eigenvalue weighted by molar-refractivity contribution is 5.98. The number of amides is 1. The summed E-state index contributed by atoms with van der Waals surface area (Å²) in [5.41, 5.74) is 9.16. The standard InChI is InChI=1S/C20H18FN5O2/c1-10-18-16(26-20(22)23-10)9-15(25-19(18)27)12-7-6-11(21)8-13(12)14-4-3-5-17(24-14)28-2/h3-8,15H,9H2,1-2H3,(H,25,27)(H2,22,23,26)/t15-/m0/s1. The third-order valence-electron chi connectivity index (χ3n) is 4.71. The molecule has 3 aromatic rings. The Morgan fingerprint density at radius 2 is 2.04 bits per heavy atom. The van der Waals surface area contributed by atoms with E-state index in [0.717, 1.165) is 5.56 Å². The maximum absolute atomic E-state index is 14.0. The second-order valence-corrected chi connectivity index (χ2v) is 6.52. The van der Waals surface area contributed by atoms with Crippen molar-refractivity contribution in [1.82, 2.24) is 20.3 Å². The van der Waals surface area contributed by atoms with Crippen LogP contribution in [0.3, 0.4) is 0 Å². The molecule has 0 unspecified atom stereocenters. The van der Waals surface area contributed by atoms with E-state index in [1.54, 1.807) is 31.2 Å². The summed E-state index contributed by atoms with van der Waals surface area (Å²) in [6.07, 6.45) is 0.414. The highest BCUT2D eigenvalue weighted by Gasteiger charge is 2.30. The molecule has 3 N–H and O–H groups in total. The number of nitrogens with zero attached hydrogens (tertiary/aromatic N) is 3. The van der Waals surface area contributed by atoms with Gasteiger partial charge in [0.15, 0.2) is 0 Å². The van der Waals surface area contributed by atoms with Crippen LogP contribution in [0, 0.1) is 12.7 Å². The molecule has 7 nitrogen and oxygen atoms in total. The predicted octanol–water partition coefficient (Wildman–Crippen LogP) is 2.60. The fourth-order valence-electron chi connectivity index (χ4n) is 3.49. The minimum Gasteiger partial charge on any atom is -0.481 e. The zero-order valence-electron chi connectivity index (χ0n) is 15.4. The number of methoxy groups -OCH3 is 1. The van der Waals surface area contributed by atoms with Crippen molar-refractivity contribution in [2.45, 2.75) is 19.4 Å². The number of hydrogen-bond acceptors (Lipinski definition) is 6. The lowest BCUT2D eigenvalue weighted by Gasteiger charge is -2.27. The Morgan fingerprint density at radius 3 is 2.82 bits per heavy atom. The van der Waals surface area contributed by atoms with Crippen molar-refractivity contribution in [1.29, 1.82) is 0 Å². The topological polar surface area (TPSA) is 103 Å². The first kappa shape index (κ1) is 17.8. The summed E-state index contributed by atoms with van der Waals surface area (Å²) in [6, 6.07) is 9.27. The Hall–Kier alpha value is -3.55. The van der Waals surface area contributed by atoms with Gasteiger partial charge in [-0.25, -0.2) is 19.3 Å². The Morgan fingerprint density at radius 1 is 1.21 bits per heavy atom. The Balaban J connectivity index is 1.81. The number of nitrogen functional groups attached to an aromatic ring is 1. The van der Waals surface area contributed by atoms with E-state index in [4.69, 9.17) is 10.5 Å². The Kier molecular flexibility index (Phi) is 4.38. The van der Waals surface area contributed by atoms with Crippen LogP contribution in [-0.4, -0.2) is 28.0 Å². The van der Waals surface area contributed by atoms with E-state index in [-0.39, 0.29) is 11.9 Å². The first-order valence-electron chi connectivity index (χ1n) is 8.71. The molecule has 4 rings (SSSR count). The van der Waals surface area contributed by atoms with Crippen LogP contribution in [0.2, 0.25) is 0 Å². The first-order chi connectivity index (χ1) is 13.5. The molecule has 1 aromatic carbocycles. The number of halogens is 1. The maximum Gasteiger partial charge on any atom is 0.255 e. The summed E-state index contributed by atoms with van der Waals surface area (Å²) in [4.78, 5) is 25.4. The van der Waals surface area contributed by atoms with Gasteiger partial charge in [-0.15, -0.1) is 0 Å². The number of fused-ring (bicyclic) bond motifs is 1. The monoisotopic (exact) mass is 379 g/mol. The summed E-state index contributed by atoms with van der Waals surface area (Å²) >= 11 is 0. The number of carbonyl (C=O) groups is 1. The van der Waals surface area contributed by atoms with Crippen LogP contribution in [0.4, 0.5) is 10.3 Å². The van der Waals surface area contributed by atoms with Crippen LogP contribution in [0.25, 0.3) is 11.3 Å². The normalized spacial score (nSPS) is 15.7. The Bertz CT molecular complexity index is 1090. The molecular weight excluding hydrogens is 361 g/mol. The number of nitrogens with two attached hydrogens (primary N) is 1. The van der Waals surface area contributed by atoms with Gasteiger partial charge in [-0.05, 0) is 30.7 Å². The van der Waals surface area contributed by atoms with E-state index in [0.29, 0.717) is 40.5 Å². The van der Waals surface area contributed by atoms with Crippen molar-refractivity contribution in [3.8, 4) is 17.1 Å². The van der Waals surface area contributed by atoms with E-state index >= 15 is 0 Å². The van der Waals surface area contributed by atoms with Crippen molar-refractivity contribution < 1.29 is 13.9 Å². The molecule has 0 saturated heterocycles. The largest absolute Gasteiger partial charge is 0.481 e. The molecule has 28 heavy (non-hydrogen) atoms. The summed E-state index contributed by atoms with van der Waals surface area (Å²) in [5, 5.41) is 2.97. The molecule has 1 amide bonds. The summed E-state index contributed by atoms with van der Waals surface area (Å²) in [6.45, 7) is 1.72. The molecule has 0 radical (unpaired) electrons. The first-order valence-corrected chi connectivity index (χ1v) is 8.71.